The lowest BCUT2D eigenvalue weighted by Gasteiger charge is -2.12. The fourth-order valence-corrected chi connectivity index (χ4v) is 2.66. The average molecular weight is 409 g/mol. The van der Waals surface area contributed by atoms with E-state index in [-0.39, 0.29) is 17.8 Å². The van der Waals surface area contributed by atoms with Crippen LogP contribution < -0.4 is 20.7 Å². The summed E-state index contributed by atoms with van der Waals surface area (Å²) >= 11 is 0. The first kappa shape index (κ1) is 21.1. The first-order valence-electron chi connectivity index (χ1n) is 9.53. The highest BCUT2D eigenvalue weighted by Crippen LogP contribution is 2.20. The number of hydrogen-bond donors (Lipinski definition) is 2. The maximum atomic E-state index is 12.7. The lowest BCUT2D eigenvalue weighted by Crippen LogP contribution is -2.19. The number of nitrogen functional groups attached to an aromatic ring is 1. The Morgan fingerprint density at radius 3 is 2.33 bits per heavy atom. The standard InChI is InChI=1S/C21H27N7O2/c1-26(2)13-14-30-18-11-7-16(8-12-18)23-21-24-20(22)28(25-21)19(29)15-5-9-17(10-6-15)27(3)4/h5-12H,13-14H2,1-4H3,(H3,22,23,24,25). The molecule has 0 radical (unpaired) electrons. The summed E-state index contributed by atoms with van der Waals surface area (Å²) in [4.78, 5) is 20.9. The maximum absolute atomic E-state index is 12.7. The summed E-state index contributed by atoms with van der Waals surface area (Å²) in [5, 5.41) is 7.25. The molecule has 30 heavy (non-hydrogen) atoms. The van der Waals surface area contributed by atoms with E-state index in [1.54, 1.807) is 12.1 Å². The Labute approximate surface area is 176 Å². The molecule has 158 valence electrons. The van der Waals surface area contributed by atoms with Crippen molar-refractivity contribution in [2.75, 3.05) is 57.3 Å². The van der Waals surface area contributed by atoms with Crippen molar-refractivity contribution in [2.24, 2.45) is 0 Å². The lowest BCUT2D eigenvalue weighted by atomic mass is 10.2. The lowest BCUT2D eigenvalue weighted by molar-refractivity contribution is 0.0948. The van der Waals surface area contributed by atoms with Gasteiger partial charge in [0, 0.05) is 37.6 Å². The number of nitrogens with zero attached hydrogens (tertiary/aromatic N) is 5. The van der Waals surface area contributed by atoms with Gasteiger partial charge in [0.05, 0.1) is 0 Å². The molecular weight excluding hydrogens is 382 g/mol. The van der Waals surface area contributed by atoms with Crippen molar-refractivity contribution in [2.45, 2.75) is 0 Å². The number of ether oxygens (including phenoxy) is 1. The van der Waals surface area contributed by atoms with Gasteiger partial charge >= 0.3 is 0 Å². The molecule has 3 rings (SSSR count). The van der Waals surface area contributed by atoms with Crippen LogP contribution in [-0.2, 0) is 0 Å². The van der Waals surface area contributed by atoms with Crippen molar-refractivity contribution in [1.29, 1.82) is 0 Å². The van der Waals surface area contributed by atoms with Crippen molar-refractivity contribution in [3.63, 3.8) is 0 Å². The van der Waals surface area contributed by atoms with Crippen LogP contribution in [0.3, 0.4) is 0 Å². The van der Waals surface area contributed by atoms with E-state index in [4.69, 9.17) is 10.5 Å². The van der Waals surface area contributed by atoms with E-state index in [1.165, 1.54) is 0 Å². The van der Waals surface area contributed by atoms with Crippen molar-refractivity contribution in [3.05, 3.63) is 54.1 Å². The number of anilines is 4. The molecule has 0 bridgehead atoms. The molecule has 0 atom stereocenters. The molecule has 0 aliphatic rings. The quantitative estimate of drug-likeness (QED) is 0.584. The zero-order valence-corrected chi connectivity index (χ0v) is 17.7. The van der Waals surface area contributed by atoms with Crippen LogP contribution in [0.1, 0.15) is 10.4 Å². The summed E-state index contributed by atoms with van der Waals surface area (Å²) in [5.41, 5.74) is 8.14. The smallest absolute Gasteiger partial charge is 0.281 e. The predicted molar refractivity (Wildman–Crippen MR) is 119 cm³/mol. The number of hydrogen-bond acceptors (Lipinski definition) is 8. The number of carbonyl (C=O) groups is 1. The minimum atomic E-state index is -0.344. The Hall–Kier alpha value is -3.59. The molecule has 1 heterocycles. The van der Waals surface area contributed by atoms with Crippen molar-refractivity contribution >= 4 is 29.2 Å². The molecule has 0 aliphatic carbocycles. The highest BCUT2D eigenvalue weighted by molar-refractivity contribution is 5.97. The van der Waals surface area contributed by atoms with Gasteiger partial charge in [0.25, 0.3) is 5.91 Å². The van der Waals surface area contributed by atoms with Crippen LogP contribution in [0.15, 0.2) is 48.5 Å². The van der Waals surface area contributed by atoms with Crippen LogP contribution in [0.25, 0.3) is 0 Å². The fraction of sp³-hybridized carbons (Fsp3) is 0.286. The number of aromatic nitrogens is 3. The van der Waals surface area contributed by atoms with Gasteiger partial charge in [-0.05, 0) is 62.6 Å². The fourth-order valence-electron chi connectivity index (χ4n) is 2.66. The third kappa shape index (κ3) is 5.26. The van der Waals surface area contributed by atoms with E-state index in [0.29, 0.717) is 12.2 Å². The topological polar surface area (TPSA) is 102 Å². The second-order valence-electron chi connectivity index (χ2n) is 7.25. The number of likely N-dealkylation sites (N-methyl/N-ethyl adjacent to an activating group) is 1. The van der Waals surface area contributed by atoms with Crippen molar-refractivity contribution in [1.82, 2.24) is 19.7 Å². The molecule has 0 spiro atoms. The first-order chi connectivity index (χ1) is 14.3. The number of rotatable bonds is 8. The van der Waals surface area contributed by atoms with E-state index >= 15 is 0 Å². The van der Waals surface area contributed by atoms with Crippen LogP contribution in [0.2, 0.25) is 0 Å². The van der Waals surface area contributed by atoms with Gasteiger partial charge in [0.15, 0.2) is 0 Å². The highest BCUT2D eigenvalue weighted by Gasteiger charge is 2.16. The van der Waals surface area contributed by atoms with E-state index in [1.807, 2.05) is 69.5 Å². The number of carbonyl (C=O) groups excluding carboxylic acids is 1. The molecule has 0 unspecified atom stereocenters. The summed E-state index contributed by atoms with van der Waals surface area (Å²) in [7, 11) is 7.87. The molecule has 0 saturated carbocycles. The van der Waals surface area contributed by atoms with Gasteiger partial charge in [-0.15, -0.1) is 5.10 Å². The Morgan fingerprint density at radius 1 is 1.07 bits per heavy atom. The molecule has 0 saturated heterocycles. The zero-order chi connectivity index (χ0) is 21.7. The molecule has 2 aromatic carbocycles. The molecule has 9 heteroatoms. The minimum absolute atomic E-state index is 0.0165. The van der Waals surface area contributed by atoms with Crippen LogP contribution in [0, 0.1) is 0 Å². The van der Waals surface area contributed by atoms with Crippen LogP contribution in [-0.4, -0.2) is 66.9 Å². The number of benzene rings is 2. The summed E-state index contributed by atoms with van der Waals surface area (Å²) in [6.45, 7) is 1.45. The molecular formula is C21H27N7O2. The summed E-state index contributed by atoms with van der Waals surface area (Å²) in [6.07, 6.45) is 0. The Bertz CT molecular complexity index is 980. The molecule has 0 amide bonds. The summed E-state index contributed by atoms with van der Waals surface area (Å²) in [5.74, 6) is 0.689. The first-order valence-corrected chi connectivity index (χ1v) is 9.53. The summed E-state index contributed by atoms with van der Waals surface area (Å²) in [6, 6.07) is 14.6. The third-order valence-electron chi connectivity index (χ3n) is 4.37. The van der Waals surface area contributed by atoms with Crippen LogP contribution in [0.5, 0.6) is 5.75 Å². The minimum Gasteiger partial charge on any atom is -0.492 e. The molecule has 1 aromatic heterocycles. The van der Waals surface area contributed by atoms with Gasteiger partial charge in [-0.3, -0.25) is 4.79 Å². The molecule has 0 fully saturated rings. The number of nitrogens with two attached hydrogens (primary N) is 1. The normalized spacial score (nSPS) is 10.8. The van der Waals surface area contributed by atoms with Gasteiger partial charge in [0.1, 0.15) is 12.4 Å². The van der Waals surface area contributed by atoms with Gasteiger partial charge < -0.3 is 25.6 Å². The van der Waals surface area contributed by atoms with E-state index in [9.17, 15) is 4.79 Å². The Morgan fingerprint density at radius 2 is 1.73 bits per heavy atom. The van der Waals surface area contributed by atoms with Crippen LogP contribution >= 0.6 is 0 Å². The predicted octanol–water partition coefficient (Wildman–Crippen LogP) is 2.30. The van der Waals surface area contributed by atoms with E-state index < -0.39 is 0 Å². The van der Waals surface area contributed by atoms with Crippen LogP contribution in [0.4, 0.5) is 23.3 Å². The molecule has 3 aromatic rings. The Balaban J connectivity index is 1.66. The van der Waals surface area contributed by atoms with Crippen molar-refractivity contribution in [3.8, 4) is 5.75 Å². The Kier molecular flexibility index (Phi) is 6.53. The third-order valence-corrected chi connectivity index (χ3v) is 4.37. The maximum Gasteiger partial charge on any atom is 0.281 e. The molecule has 0 aliphatic heterocycles. The second kappa shape index (κ2) is 9.27. The molecule has 9 nitrogen and oxygen atoms in total. The average Bonchev–Trinajstić information content (AvgIpc) is 3.08. The van der Waals surface area contributed by atoms with Gasteiger partial charge in [-0.1, -0.05) is 0 Å². The second-order valence-corrected chi connectivity index (χ2v) is 7.25. The molecule has 3 N–H and O–H groups in total. The number of nitrogens with one attached hydrogen (secondary N) is 1. The summed E-state index contributed by atoms with van der Waals surface area (Å²) < 4.78 is 6.77. The van der Waals surface area contributed by atoms with E-state index in [0.717, 1.165) is 28.4 Å². The SMILES string of the molecule is CN(C)CCOc1ccc(Nc2nc(N)n(C(=O)c3ccc(N(C)C)cc3)n2)cc1. The van der Waals surface area contributed by atoms with Gasteiger partial charge in [-0.25, -0.2) is 0 Å². The van der Waals surface area contributed by atoms with Gasteiger partial charge in [0.2, 0.25) is 11.9 Å². The monoisotopic (exact) mass is 409 g/mol. The van der Waals surface area contributed by atoms with E-state index in [2.05, 4.69) is 20.3 Å². The highest BCUT2D eigenvalue weighted by atomic mass is 16.5. The zero-order valence-electron chi connectivity index (χ0n) is 17.7. The van der Waals surface area contributed by atoms with Crippen molar-refractivity contribution < 1.29 is 9.53 Å². The largest absolute Gasteiger partial charge is 0.492 e. The van der Waals surface area contributed by atoms with Gasteiger partial charge in [-0.2, -0.15) is 9.67 Å².